The van der Waals surface area contributed by atoms with E-state index in [1.54, 1.807) is 12.1 Å². The van der Waals surface area contributed by atoms with E-state index in [4.69, 9.17) is 0 Å². The number of benzene rings is 2. The van der Waals surface area contributed by atoms with E-state index in [1.165, 1.54) is 57.7 Å². The summed E-state index contributed by atoms with van der Waals surface area (Å²) in [6.07, 6.45) is 5.90. The van der Waals surface area contributed by atoms with Gasteiger partial charge in [0.15, 0.2) is 0 Å². The first-order chi connectivity index (χ1) is 17.1. The van der Waals surface area contributed by atoms with Crippen LogP contribution in [0.1, 0.15) is 67.8 Å². The van der Waals surface area contributed by atoms with E-state index in [0.717, 1.165) is 35.0 Å². The molecule has 1 heterocycles. The molecule has 7 nitrogen and oxygen atoms in total. The van der Waals surface area contributed by atoms with Crippen molar-refractivity contribution < 1.29 is 18.0 Å². The summed E-state index contributed by atoms with van der Waals surface area (Å²) >= 11 is 0. The minimum absolute atomic E-state index is 0.231. The summed E-state index contributed by atoms with van der Waals surface area (Å²) in [7, 11) is -0.930. The molecule has 0 unspecified atom stereocenters. The molecule has 0 spiro atoms. The second-order valence-electron chi connectivity index (χ2n) is 10.1. The SMILES string of the molecule is CC(C)S(=O)(=O)N(CC(=O)N(C)C)C(=O)c1ccc2c(C3CCCCC3)c(-c3ccccc3)[nH]c2c1. The van der Waals surface area contributed by atoms with Crippen LogP contribution in [0.25, 0.3) is 22.2 Å². The second-order valence-corrected chi connectivity index (χ2v) is 12.5. The Morgan fingerprint density at radius 2 is 1.67 bits per heavy atom. The normalized spacial score (nSPS) is 14.8. The van der Waals surface area contributed by atoms with Gasteiger partial charge in [-0.25, -0.2) is 12.7 Å². The van der Waals surface area contributed by atoms with E-state index in [0.29, 0.717) is 10.2 Å². The summed E-state index contributed by atoms with van der Waals surface area (Å²) in [6, 6.07) is 15.5. The van der Waals surface area contributed by atoms with Crippen molar-refractivity contribution in [3.05, 3.63) is 59.7 Å². The molecular formula is C28H35N3O4S. The number of H-pyrrole nitrogens is 1. The number of nitrogens with one attached hydrogen (secondary N) is 1. The summed E-state index contributed by atoms with van der Waals surface area (Å²) < 4.78 is 26.8. The molecule has 1 aliphatic rings. The highest BCUT2D eigenvalue weighted by Gasteiger charge is 2.34. The van der Waals surface area contributed by atoms with Crippen molar-refractivity contribution in [1.82, 2.24) is 14.2 Å². The van der Waals surface area contributed by atoms with Gasteiger partial charge in [-0.1, -0.05) is 55.7 Å². The number of aromatic amines is 1. The summed E-state index contributed by atoms with van der Waals surface area (Å²) in [6.45, 7) is 2.48. The van der Waals surface area contributed by atoms with Gasteiger partial charge in [0.25, 0.3) is 5.91 Å². The van der Waals surface area contributed by atoms with Gasteiger partial charge >= 0.3 is 0 Å². The number of hydrogen-bond donors (Lipinski definition) is 1. The molecule has 2 aromatic carbocycles. The van der Waals surface area contributed by atoms with Crippen molar-refractivity contribution in [2.75, 3.05) is 20.6 Å². The van der Waals surface area contributed by atoms with E-state index in [-0.39, 0.29) is 5.56 Å². The Labute approximate surface area is 213 Å². The zero-order chi connectivity index (χ0) is 26.0. The smallest absolute Gasteiger partial charge is 0.267 e. The van der Waals surface area contributed by atoms with Gasteiger partial charge in [0, 0.05) is 36.3 Å². The molecule has 8 heteroatoms. The minimum atomic E-state index is -4.01. The zero-order valence-electron chi connectivity index (χ0n) is 21.5. The Bertz CT molecular complexity index is 1350. The van der Waals surface area contributed by atoms with Crippen LogP contribution in [0.3, 0.4) is 0 Å². The molecule has 0 bridgehead atoms. The molecule has 0 atom stereocenters. The van der Waals surface area contributed by atoms with E-state index in [2.05, 4.69) is 17.1 Å². The number of carbonyl (C=O) groups is 2. The Hall–Kier alpha value is -3.13. The summed E-state index contributed by atoms with van der Waals surface area (Å²) in [5.41, 5.74) is 4.43. The maximum absolute atomic E-state index is 13.5. The van der Waals surface area contributed by atoms with Crippen LogP contribution in [0.5, 0.6) is 0 Å². The Morgan fingerprint density at radius 3 is 2.28 bits per heavy atom. The van der Waals surface area contributed by atoms with Crippen molar-refractivity contribution in [2.45, 2.75) is 57.1 Å². The van der Waals surface area contributed by atoms with Gasteiger partial charge in [-0.15, -0.1) is 0 Å². The van der Waals surface area contributed by atoms with Crippen LogP contribution < -0.4 is 0 Å². The van der Waals surface area contributed by atoms with Gasteiger partial charge in [0.1, 0.15) is 6.54 Å². The number of carbonyl (C=O) groups excluding carboxylic acids is 2. The lowest BCUT2D eigenvalue weighted by atomic mass is 9.82. The standard InChI is InChI=1S/C28H35N3O4S/c1-19(2)36(34,35)31(18-25(32)30(3)4)28(33)22-15-16-23-24(17-22)29-27(21-13-9-6-10-14-21)26(23)20-11-7-5-8-12-20/h6,9-10,13-17,19-20,29H,5,7-8,11-12,18H2,1-4H3. The van der Waals surface area contributed by atoms with Crippen LogP contribution in [0, 0.1) is 0 Å². The quantitative estimate of drug-likeness (QED) is 0.477. The Kier molecular flexibility index (Phi) is 7.54. The van der Waals surface area contributed by atoms with Crippen LogP contribution >= 0.6 is 0 Å². The second kappa shape index (κ2) is 10.5. The van der Waals surface area contributed by atoms with Gasteiger partial charge < -0.3 is 9.88 Å². The van der Waals surface area contributed by atoms with Crippen molar-refractivity contribution in [3.63, 3.8) is 0 Å². The minimum Gasteiger partial charge on any atom is -0.354 e. The molecule has 2 amide bonds. The van der Waals surface area contributed by atoms with Crippen LogP contribution in [0.2, 0.25) is 0 Å². The van der Waals surface area contributed by atoms with Crippen molar-refractivity contribution >= 4 is 32.7 Å². The van der Waals surface area contributed by atoms with Crippen LogP contribution in [-0.2, 0) is 14.8 Å². The summed E-state index contributed by atoms with van der Waals surface area (Å²) in [4.78, 5) is 30.8. The fourth-order valence-electron chi connectivity index (χ4n) is 4.94. The third-order valence-electron chi connectivity index (χ3n) is 7.07. The number of likely N-dealkylation sites (N-methyl/N-ethyl adjacent to an activating group) is 1. The number of hydrogen-bond acceptors (Lipinski definition) is 4. The predicted molar refractivity (Wildman–Crippen MR) is 143 cm³/mol. The third kappa shape index (κ3) is 5.05. The van der Waals surface area contributed by atoms with E-state index >= 15 is 0 Å². The first kappa shape index (κ1) is 25.9. The van der Waals surface area contributed by atoms with Crippen molar-refractivity contribution in [2.24, 2.45) is 0 Å². The first-order valence-electron chi connectivity index (χ1n) is 12.6. The molecule has 1 fully saturated rings. The molecular weight excluding hydrogens is 474 g/mol. The number of nitrogens with zero attached hydrogens (tertiary/aromatic N) is 2. The molecule has 0 radical (unpaired) electrons. The van der Waals surface area contributed by atoms with Gasteiger partial charge in [0.05, 0.1) is 5.25 Å². The lowest BCUT2D eigenvalue weighted by molar-refractivity contribution is -0.128. The van der Waals surface area contributed by atoms with Crippen LogP contribution in [-0.4, -0.2) is 60.3 Å². The number of aromatic nitrogens is 1. The maximum Gasteiger partial charge on any atom is 0.267 e. The topological polar surface area (TPSA) is 90.6 Å². The van der Waals surface area contributed by atoms with Crippen LogP contribution in [0.15, 0.2) is 48.5 Å². The molecule has 3 aromatic rings. The summed E-state index contributed by atoms with van der Waals surface area (Å²) in [5.74, 6) is -0.727. The van der Waals surface area contributed by atoms with E-state index in [1.807, 2.05) is 24.3 Å². The third-order valence-corrected chi connectivity index (χ3v) is 9.17. The molecule has 1 aromatic heterocycles. The fraction of sp³-hybridized carbons (Fsp3) is 0.429. The van der Waals surface area contributed by atoms with Gasteiger partial charge in [-0.3, -0.25) is 9.59 Å². The molecule has 192 valence electrons. The number of sulfonamides is 1. The van der Waals surface area contributed by atoms with E-state index in [9.17, 15) is 18.0 Å². The van der Waals surface area contributed by atoms with Crippen molar-refractivity contribution in [3.8, 4) is 11.3 Å². The molecule has 1 saturated carbocycles. The lowest BCUT2D eigenvalue weighted by Gasteiger charge is -2.25. The fourth-order valence-corrected chi connectivity index (χ4v) is 6.08. The molecule has 4 rings (SSSR count). The molecule has 36 heavy (non-hydrogen) atoms. The lowest BCUT2D eigenvalue weighted by Crippen LogP contribution is -2.46. The monoisotopic (exact) mass is 509 g/mol. The van der Waals surface area contributed by atoms with Gasteiger partial charge in [0.2, 0.25) is 15.9 Å². The number of amides is 2. The number of fused-ring (bicyclic) bond motifs is 1. The van der Waals surface area contributed by atoms with Gasteiger partial charge in [-0.05, 0) is 55.9 Å². The first-order valence-corrected chi connectivity index (χ1v) is 14.1. The Morgan fingerprint density at radius 1 is 1.00 bits per heavy atom. The van der Waals surface area contributed by atoms with Crippen molar-refractivity contribution in [1.29, 1.82) is 0 Å². The highest BCUT2D eigenvalue weighted by Crippen LogP contribution is 2.42. The average Bonchev–Trinajstić information content (AvgIpc) is 3.26. The highest BCUT2D eigenvalue weighted by atomic mass is 32.2. The Balaban J connectivity index is 1.81. The highest BCUT2D eigenvalue weighted by molar-refractivity contribution is 7.90. The summed E-state index contributed by atoms with van der Waals surface area (Å²) in [5, 5.41) is 0.216. The average molecular weight is 510 g/mol. The van der Waals surface area contributed by atoms with E-state index < -0.39 is 33.6 Å². The molecule has 0 aliphatic heterocycles. The van der Waals surface area contributed by atoms with Gasteiger partial charge in [-0.2, -0.15) is 0 Å². The molecule has 1 N–H and O–H groups in total. The largest absolute Gasteiger partial charge is 0.354 e. The number of rotatable bonds is 7. The predicted octanol–water partition coefficient (Wildman–Crippen LogP) is 5.15. The van der Waals surface area contributed by atoms with Crippen LogP contribution in [0.4, 0.5) is 0 Å². The molecule has 1 aliphatic carbocycles. The zero-order valence-corrected chi connectivity index (χ0v) is 22.3. The molecule has 0 saturated heterocycles. The maximum atomic E-state index is 13.5.